The van der Waals surface area contributed by atoms with Gasteiger partial charge in [0.25, 0.3) is 0 Å². The van der Waals surface area contributed by atoms with Gasteiger partial charge in [0.05, 0.1) is 18.6 Å². The third-order valence-corrected chi connectivity index (χ3v) is 4.96. The third-order valence-electron chi connectivity index (χ3n) is 4.96. The van der Waals surface area contributed by atoms with E-state index in [2.05, 4.69) is 14.9 Å². The number of nitrogens with zero attached hydrogens (tertiary/aromatic N) is 3. The number of hydrogen-bond acceptors (Lipinski definition) is 5. The van der Waals surface area contributed by atoms with Gasteiger partial charge >= 0.3 is 0 Å². The van der Waals surface area contributed by atoms with Gasteiger partial charge in [0.1, 0.15) is 5.60 Å². The number of rotatable bonds is 5. The highest BCUT2D eigenvalue weighted by Gasteiger charge is 2.45. The second-order valence-corrected chi connectivity index (χ2v) is 6.45. The van der Waals surface area contributed by atoms with Gasteiger partial charge in [-0.25, -0.2) is 0 Å². The van der Waals surface area contributed by atoms with Crippen LogP contribution in [0.4, 0.5) is 0 Å². The second-order valence-electron chi connectivity index (χ2n) is 6.45. The van der Waals surface area contributed by atoms with E-state index >= 15 is 0 Å². The van der Waals surface area contributed by atoms with Gasteiger partial charge in [0.2, 0.25) is 0 Å². The number of likely N-dealkylation sites (tertiary alicyclic amines) is 1. The van der Waals surface area contributed by atoms with Gasteiger partial charge in [-0.2, -0.15) is 0 Å². The standard InChI is InChI=1S/C20H21N3O2/c24-20(17-5-3-8-21-13-17,18-6-4-9-22-14-18)19(16-7-12-25-15-16)23-10-1-2-11-23/h3-9,12-15,19,24H,1-2,10-11H2. The summed E-state index contributed by atoms with van der Waals surface area (Å²) in [6.07, 6.45) is 12.5. The molecule has 1 aliphatic rings. The lowest BCUT2D eigenvalue weighted by atomic mass is 9.78. The lowest BCUT2D eigenvalue weighted by Gasteiger charge is -2.41. The van der Waals surface area contributed by atoms with Crippen LogP contribution in [-0.2, 0) is 5.60 Å². The van der Waals surface area contributed by atoms with E-state index in [1.54, 1.807) is 37.3 Å². The van der Waals surface area contributed by atoms with Gasteiger partial charge in [-0.3, -0.25) is 14.9 Å². The van der Waals surface area contributed by atoms with Gasteiger partial charge in [-0.1, -0.05) is 12.1 Å². The fourth-order valence-electron chi connectivity index (χ4n) is 3.81. The smallest absolute Gasteiger partial charge is 0.137 e. The first-order chi connectivity index (χ1) is 12.3. The van der Waals surface area contributed by atoms with Crippen LogP contribution in [0, 0.1) is 0 Å². The first kappa shape index (κ1) is 16.0. The highest BCUT2D eigenvalue weighted by atomic mass is 16.3. The van der Waals surface area contributed by atoms with E-state index in [0.29, 0.717) is 0 Å². The van der Waals surface area contributed by atoms with E-state index in [9.17, 15) is 5.11 Å². The van der Waals surface area contributed by atoms with Crippen LogP contribution in [0.2, 0.25) is 0 Å². The molecule has 0 saturated carbocycles. The summed E-state index contributed by atoms with van der Waals surface area (Å²) in [5, 5.41) is 12.1. The Balaban J connectivity index is 1.91. The summed E-state index contributed by atoms with van der Waals surface area (Å²) in [5.74, 6) is 0. The SMILES string of the molecule is OC(c1cccnc1)(c1cccnc1)C(c1ccoc1)N1CCCC1. The zero-order chi connectivity index (χ0) is 17.1. The van der Waals surface area contributed by atoms with Crippen LogP contribution >= 0.6 is 0 Å². The average Bonchev–Trinajstić information content (AvgIpc) is 3.38. The molecule has 5 heteroatoms. The van der Waals surface area contributed by atoms with Gasteiger partial charge in [-0.05, 0) is 44.1 Å². The zero-order valence-electron chi connectivity index (χ0n) is 14.0. The molecule has 128 valence electrons. The van der Waals surface area contributed by atoms with Crippen LogP contribution in [0.15, 0.2) is 72.1 Å². The molecule has 1 aliphatic heterocycles. The summed E-state index contributed by atoms with van der Waals surface area (Å²) < 4.78 is 5.35. The van der Waals surface area contributed by atoms with Crippen LogP contribution < -0.4 is 0 Å². The maximum Gasteiger partial charge on any atom is 0.137 e. The predicted molar refractivity (Wildman–Crippen MR) is 93.7 cm³/mol. The van der Waals surface area contributed by atoms with Gasteiger partial charge in [0.15, 0.2) is 0 Å². The average molecular weight is 335 g/mol. The number of aromatic nitrogens is 2. The topological polar surface area (TPSA) is 62.4 Å². The van der Waals surface area contributed by atoms with E-state index in [1.807, 2.05) is 30.3 Å². The van der Waals surface area contributed by atoms with Crippen LogP contribution in [0.25, 0.3) is 0 Å². The van der Waals surface area contributed by atoms with Gasteiger partial charge in [0, 0.05) is 41.5 Å². The molecule has 0 spiro atoms. The Labute approximate surface area is 147 Å². The van der Waals surface area contributed by atoms with Crippen molar-refractivity contribution in [2.45, 2.75) is 24.5 Å². The molecule has 0 radical (unpaired) electrons. The van der Waals surface area contributed by atoms with Crippen molar-refractivity contribution in [1.29, 1.82) is 0 Å². The molecule has 3 aromatic heterocycles. The fourth-order valence-corrected chi connectivity index (χ4v) is 3.81. The van der Waals surface area contributed by atoms with Crippen LogP contribution in [0.5, 0.6) is 0 Å². The maximum absolute atomic E-state index is 12.1. The van der Waals surface area contributed by atoms with Crippen molar-refractivity contribution in [3.63, 3.8) is 0 Å². The Morgan fingerprint density at radius 2 is 1.64 bits per heavy atom. The number of furan rings is 1. The Morgan fingerprint density at radius 3 is 2.12 bits per heavy atom. The molecular formula is C20H21N3O2. The van der Waals surface area contributed by atoms with Crippen molar-refractivity contribution < 1.29 is 9.52 Å². The molecule has 25 heavy (non-hydrogen) atoms. The van der Waals surface area contributed by atoms with Crippen molar-refractivity contribution in [3.8, 4) is 0 Å². The summed E-state index contributed by atoms with van der Waals surface area (Å²) in [6.45, 7) is 1.89. The highest BCUT2D eigenvalue weighted by molar-refractivity contribution is 5.38. The van der Waals surface area contributed by atoms with Crippen LogP contribution in [0.1, 0.15) is 35.6 Å². The molecule has 1 unspecified atom stereocenters. The van der Waals surface area contributed by atoms with Crippen molar-refractivity contribution >= 4 is 0 Å². The lowest BCUT2D eigenvalue weighted by molar-refractivity contribution is -0.0155. The Bertz CT molecular complexity index is 745. The largest absolute Gasteiger partial charge is 0.472 e. The minimum absolute atomic E-state index is 0.262. The normalized spacial score (nSPS) is 16.8. The second kappa shape index (κ2) is 6.78. The van der Waals surface area contributed by atoms with E-state index in [4.69, 9.17) is 4.42 Å². The van der Waals surface area contributed by atoms with Gasteiger partial charge < -0.3 is 9.52 Å². The van der Waals surface area contributed by atoms with Gasteiger partial charge in [-0.15, -0.1) is 0 Å². The number of aliphatic hydroxyl groups is 1. The molecule has 0 amide bonds. The minimum atomic E-state index is -1.27. The maximum atomic E-state index is 12.1. The van der Waals surface area contributed by atoms with Crippen LogP contribution in [0.3, 0.4) is 0 Å². The molecule has 1 N–H and O–H groups in total. The Morgan fingerprint density at radius 1 is 1.00 bits per heavy atom. The summed E-state index contributed by atoms with van der Waals surface area (Å²) in [5.41, 5.74) is 1.19. The first-order valence-electron chi connectivity index (χ1n) is 8.59. The minimum Gasteiger partial charge on any atom is -0.472 e. The number of hydrogen-bond donors (Lipinski definition) is 1. The molecule has 4 heterocycles. The summed E-state index contributed by atoms with van der Waals surface area (Å²) in [6, 6.07) is 9.22. The molecular weight excluding hydrogens is 314 g/mol. The zero-order valence-corrected chi connectivity index (χ0v) is 14.0. The molecule has 5 nitrogen and oxygen atoms in total. The van der Waals surface area contributed by atoms with E-state index in [-0.39, 0.29) is 6.04 Å². The molecule has 0 bridgehead atoms. The van der Waals surface area contributed by atoms with E-state index < -0.39 is 5.60 Å². The molecule has 3 aromatic rings. The van der Waals surface area contributed by atoms with Crippen LogP contribution in [-0.4, -0.2) is 33.1 Å². The van der Waals surface area contributed by atoms with E-state index in [0.717, 1.165) is 42.6 Å². The summed E-state index contributed by atoms with van der Waals surface area (Å²) >= 11 is 0. The monoisotopic (exact) mass is 335 g/mol. The first-order valence-corrected chi connectivity index (χ1v) is 8.59. The Kier molecular flexibility index (Phi) is 4.34. The Hall–Kier alpha value is -2.50. The van der Waals surface area contributed by atoms with E-state index in [1.165, 1.54) is 0 Å². The van der Waals surface area contributed by atoms with Crippen molar-refractivity contribution in [1.82, 2.24) is 14.9 Å². The van der Waals surface area contributed by atoms with Crippen molar-refractivity contribution in [2.24, 2.45) is 0 Å². The summed E-state index contributed by atoms with van der Waals surface area (Å²) in [7, 11) is 0. The summed E-state index contributed by atoms with van der Waals surface area (Å²) in [4.78, 5) is 10.8. The fraction of sp³-hybridized carbons (Fsp3) is 0.300. The van der Waals surface area contributed by atoms with Crippen molar-refractivity contribution in [3.05, 3.63) is 84.3 Å². The molecule has 4 rings (SSSR count). The molecule has 0 aromatic carbocycles. The molecule has 1 fully saturated rings. The van der Waals surface area contributed by atoms with Crippen molar-refractivity contribution in [2.75, 3.05) is 13.1 Å². The highest BCUT2D eigenvalue weighted by Crippen LogP contribution is 2.45. The molecule has 0 aliphatic carbocycles. The third kappa shape index (κ3) is 2.86. The molecule has 1 atom stereocenters. The predicted octanol–water partition coefficient (Wildman–Crippen LogP) is 3.14. The molecule has 1 saturated heterocycles. The number of pyridine rings is 2. The lowest BCUT2D eigenvalue weighted by Crippen LogP contribution is -2.44. The quantitative estimate of drug-likeness (QED) is 0.776.